The minimum atomic E-state index is -1.06. The van der Waals surface area contributed by atoms with Crippen LogP contribution >= 0.6 is 0 Å². The molecule has 2 atom stereocenters. The third-order valence-electron chi connectivity index (χ3n) is 4.37. The molecule has 0 rings (SSSR count). The number of nitro groups is 1. The maximum absolute atomic E-state index is 11.2. The first-order valence-electron chi connectivity index (χ1n) is 10.3. The van der Waals surface area contributed by atoms with Crippen molar-refractivity contribution in [2.75, 3.05) is 0 Å². The van der Waals surface area contributed by atoms with Gasteiger partial charge in [-0.2, -0.15) is 0 Å². The number of rotatable bonds is 18. The molecule has 0 aromatic heterocycles. The van der Waals surface area contributed by atoms with Crippen molar-refractivity contribution in [3.05, 3.63) is 46.6 Å². The van der Waals surface area contributed by atoms with E-state index in [4.69, 9.17) is 0 Å². The highest BCUT2D eigenvalue weighted by atomic mass is 16.6. The van der Waals surface area contributed by atoms with Gasteiger partial charge in [-0.25, -0.2) is 0 Å². The van der Waals surface area contributed by atoms with E-state index in [-0.39, 0.29) is 6.42 Å². The molecule has 0 saturated heterocycles. The number of aliphatic hydroxyl groups excluding tert-OH is 1. The number of hydrogen-bond donors (Lipinski definition) is 1. The summed E-state index contributed by atoms with van der Waals surface area (Å²) in [5, 5.41) is 21.2. The largest absolute Gasteiger partial charge is 0.385 e. The summed E-state index contributed by atoms with van der Waals surface area (Å²) >= 11 is 0. The summed E-state index contributed by atoms with van der Waals surface area (Å²) in [6.45, 7) is 2.18. The first-order chi connectivity index (χ1) is 13.1. The van der Waals surface area contributed by atoms with Gasteiger partial charge >= 0.3 is 0 Å². The fraction of sp³-hybridized carbons (Fsp3) is 0.682. The van der Waals surface area contributed by atoms with Crippen LogP contribution in [0.4, 0.5) is 0 Å². The van der Waals surface area contributed by atoms with Crippen molar-refractivity contribution in [1.82, 2.24) is 0 Å². The maximum atomic E-state index is 11.2. The van der Waals surface area contributed by atoms with Gasteiger partial charge in [-0.15, -0.1) is 0 Å². The van der Waals surface area contributed by atoms with Gasteiger partial charge in [0, 0.05) is 11.3 Å². The van der Waals surface area contributed by atoms with E-state index in [1.54, 1.807) is 6.08 Å². The topological polar surface area (TPSA) is 80.4 Å². The molecular formula is C22H37NO4. The number of allylic oxidation sites excluding steroid dienone is 4. The summed E-state index contributed by atoms with van der Waals surface area (Å²) in [4.78, 5) is 21.0. The van der Waals surface area contributed by atoms with Gasteiger partial charge in [-0.3, -0.25) is 10.1 Å². The van der Waals surface area contributed by atoms with E-state index in [0.29, 0.717) is 6.42 Å². The number of aldehydes is 1. The van der Waals surface area contributed by atoms with E-state index >= 15 is 0 Å². The second-order valence-electron chi connectivity index (χ2n) is 6.84. The molecule has 0 aromatic carbocycles. The van der Waals surface area contributed by atoms with Crippen molar-refractivity contribution in [2.24, 2.45) is 0 Å². The quantitative estimate of drug-likeness (QED) is 0.111. The van der Waals surface area contributed by atoms with Crippen molar-refractivity contribution in [2.45, 2.75) is 96.1 Å². The summed E-state index contributed by atoms with van der Waals surface area (Å²) in [6.07, 6.45) is 22.3. The fourth-order valence-electron chi connectivity index (χ4n) is 2.69. The Bertz CT molecular complexity index is 457. The lowest BCUT2D eigenvalue weighted by Gasteiger charge is -2.10. The lowest BCUT2D eigenvalue weighted by Crippen LogP contribution is -2.31. The van der Waals surface area contributed by atoms with E-state index in [2.05, 4.69) is 19.1 Å². The Kier molecular flexibility index (Phi) is 17.8. The van der Waals surface area contributed by atoms with E-state index in [0.717, 1.165) is 51.2 Å². The summed E-state index contributed by atoms with van der Waals surface area (Å²) in [5.74, 6) is 0. The van der Waals surface area contributed by atoms with Crippen LogP contribution in [0.25, 0.3) is 0 Å². The Balaban J connectivity index is 4.04. The lowest BCUT2D eigenvalue weighted by atomic mass is 10.1. The minimum Gasteiger partial charge on any atom is -0.385 e. The maximum Gasteiger partial charge on any atom is 0.257 e. The third kappa shape index (κ3) is 16.2. The molecule has 0 aromatic rings. The average Bonchev–Trinajstić information content (AvgIpc) is 2.65. The third-order valence-corrected chi connectivity index (χ3v) is 4.37. The zero-order valence-corrected chi connectivity index (χ0v) is 16.8. The molecule has 5 nitrogen and oxygen atoms in total. The van der Waals surface area contributed by atoms with Crippen LogP contribution in [0.15, 0.2) is 36.5 Å². The molecule has 0 aliphatic heterocycles. The summed E-state index contributed by atoms with van der Waals surface area (Å²) < 4.78 is 0. The van der Waals surface area contributed by atoms with Gasteiger partial charge in [0.15, 0.2) is 0 Å². The monoisotopic (exact) mass is 379 g/mol. The van der Waals surface area contributed by atoms with Gasteiger partial charge in [-0.05, 0) is 51.0 Å². The zero-order chi connectivity index (χ0) is 20.2. The molecule has 0 amide bonds. The van der Waals surface area contributed by atoms with Gasteiger partial charge in [0.05, 0.1) is 0 Å². The highest BCUT2D eigenvalue weighted by Gasteiger charge is 2.25. The lowest BCUT2D eigenvalue weighted by molar-refractivity contribution is -0.520. The predicted octanol–water partition coefficient (Wildman–Crippen LogP) is 5.56. The number of aliphatic hydroxyl groups is 1. The van der Waals surface area contributed by atoms with Gasteiger partial charge in [-0.1, -0.05) is 63.0 Å². The average molecular weight is 380 g/mol. The number of carbonyl (C=O) groups excluding carboxylic acids is 1. The van der Waals surface area contributed by atoms with Gasteiger partial charge < -0.3 is 9.90 Å². The van der Waals surface area contributed by atoms with Crippen LogP contribution in [0.3, 0.4) is 0 Å². The molecule has 0 aliphatic carbocycles. The number of carbonyl (C=O) groups is 1. The molecule has 0 saturated carbocycles. The van der Waals surface area contributed by atoms with Crippen LogP contribution in [-0.4, -0.2) is 28.5 Å². The zero-order valence-electron chi connectivity index (χ0n) is 16.8. The van der Waals surface area contributed by atoms with Crippen LogP contribution in [0.2, 0.25) is 0 Å². The van der Waals surface area contributed by atoms with Crippen molar-refractivity contribution >= 4 is 6.29 Å². The summed E-state index contributed by atoms with van der Waals surface area (Å²) in [6, 6.07) is -1.06. The molecule has 0 spiro atoms. The minimum absolute atomic E-state index is 0.283. The van der Waals surface area contributed by atoms with Crippen molar-refractivity contribution in [3.63, 3.8) is 0 Å². The number of hydrogen-bond acceptors (Lipinski definition) is 4. The molecule has 1 N–H and O–H groups in total. The van der Waals surface area contributed by atoms with Crippen LogP contribution in [-0.2, 0) is 4.79 Å². The highest BCUT2D eigenvalue weighted by Crippen LogP contribution is 2.10. The van der Waals surface area contributed by atoms with Gasteiger partial charge in [0.25, 0.3) is 6.04 Å². The second kappa shape index (κ2) is 19.0. The van der Waals surface area contributed by atoms with Crippen LogP contribution in [0, 0.1) is 10.1 Å². The van der Waals surface area contributed by atoms with Gasteiger partial charge in [0.2, 0.25) is 0 Å². The van der Waals surface area contributed by atoms with Crippen molar-refractivity contribution in [3.8, 4) is 0 Å². The molecule has 0 heterocycles. The Morgan fingerprint density at radius 1 is 0.889 bits per heavy atom. The molecule has 0 bridgehead atoms. The molecular weight excluding hydrogens is 342 g/mol. The Morgan fingerprint density at radius 3 is 2.19 bits per heavy atom. The Hall–Kier alpha value is -1.75. The predicted molar refractivity (Wildman–Crippen MR) is 111 cm³/mol. The molecule has 154 valence electrons. The smallest absolute Gasteiger partial charge is 0.257 e. The Labute approximate surface area is 164 Å². The standard InChI is InChI=1S/C22H37NO4/c1-2-3-4-5-6-7-10-13-16-19-22(25)21(23(26)27)18-15-12-9-8-11-14-17-20-24/h6-7,13,15-16,18,20-22,25H,2-5,8-12,14,17,19H2,1H3/b7-6-,16-13-,18-15-. The summed E-state index contributed by atoms with van der Waals surface area (Å²) in [5.41, 5.74) is 0. The normalized spacial score (nSPS) is 14.3. The summed E-state index contributed by atoms with van der Waals surface area (Å²) in [7, 11) is 0. The SMILES string of the molecule is CCCCC/C=C\C/C=C\CC(O)C(/C=C\CCCCCCC=O)[N+](=O)[O-]. The van der Waals surface area contributed by atoms with E-state index in [1.807, 2.05) is 12.2 Å². The molecule has 0 fully saturated rings. The van der Waals surface area contributed by atoms with Crippen LogP contribution in [0.5, 0.6) is 0 Å². The molecule has 0 aliphatic rings. The Morgan fingerprint density at radius 2 is 1.52 bits per heavy atom. The van der Waals surface area contributed by atoms with Crippen LogP contribution in [0.1, 0.15) is 84.0 Å². The molecule has 5 heteroatoms. The first-order valence-corrected chi connectivity index (χ1v) is 10.3. The van der Waals surface area contributed by atoms with E-state index in [9.17, 15) is 20.0 Å². The molecule has 0 radical (unpaired) electrons. The molecule has 2 unspecified atom stereocenters. The van der Waals surface area contributed by atoms with Crippen LogP contribution < -0.4 is 0 Å². The van der Waals surface area contributed by atoms with E-state index < -0.39 is 17.1 Å². The van der Waals surface area contributed by atoms with Crippen molar-refractivity contribution in [1.29, 1.82) is 0 Å². The number of nitrogens with zero attached hydrogens (tertiary/aromatic N) is 1. The highest BCUT2D eigenvalue weighted by molar-refractivity contribution is 5.48. The fourth-order valence-corrected chi connectivity index (χ4v) is 2.69. The van der Waals surface area contributed by atoms with Gasteiger partial charge in [0.1, 0.15) is 12.4 Å². The second-order valence-corrected chi connectivity index (χ2v) is 6.84. The number of unbranched alkanes of at least 4 members (excludes halogenated alkanes) is 8. The van der Waals surface area contributed by atoms with E-state index in [1.165, 1.54) is 25.3 Å². The first kappa shape index (κ1) is 25.2. The molecule has 27 heavy (non-hydrogen) atoms. The van der Waals surface area contributed by atoms with Crippen molar-refractivity contribution < 1.29 is 14.8 Å².